The monoisotopic (exact) mass is 407 g/mol. The van der Waals surface area contributed by atoms with Gasteiger partial charge in [0.05, 0.1) is 24.7 Å². The van der Waals surface area contributed by atoms with Crippen LogP contribution in [0.4, 0.5) is 0 Å². The van der Waals surface area contributed by atoms with Gasteiger partial charge >= 0.3 is 5.69 Å². The van der Waals surface area contributed by atoms with Crippen molar-refractivity contribution in [3.63, 3.8) is 0 Å². The number of likely N-dealkylation sites (tertiary alicyclic amines) is 1. The number of hydrogen-bond acceptors (Lipinski definition) is 5. The first-order valence-electron chi connectivity index (χ1n) is 9.58. The van der Waals surface area contributed by atoms with Crippen LogP contribution in [-0.2, 0) is 23.2 Å². The third-order valence-corrected chi connectivity index (χ3v) is 5.54. The van der Waals surface area contributed by atoms with Gasteiger partial charge in [0.15, 0.2) is 0 Å². The lowest BCUT2D eigenvalue weighted by Gasteiger charge is -2.31. The number of nitrogens with zero attached hydrogens (tertiary/aromatic N) is 3. The van der Waals surface area contributed by atoms with Crippen LogP contribution in [0.2, 0.25) is 0 Å². The predicted octanol–water partition coefficient (Wildman–Crippen LogP) is 2.05. The Kier molecular flexibility index (Phi) is 4.99. The van der Waals surface area contributed by atoms with Gasteiger partial charge in [-0.15, -0.1) is 0 Å². The highest BCUT2D eigenvalue weighted by molar-refractivity contribution is 6.00. The molecular formula is C22H21N3O5. The molecule has 30 heavy (non-hydrogen) atoms. The van der Waals surface area contributed by atoms with Crippen molar-refractivity contribution in [3.8, 4) is 5.75 Å². The Labute approximate surface area is 172 Å². The number of carbonyl (C=O) groups excluding carboxylic acids is 3. The van der Waals surface area contributed by atoms with Gasteiger partial charge in [0.25, 0.3) is 5.91 Å². The first-order valence-corrected chi connectivity index (χ1v) is 9.58. The summed E-state index contributed by atoms with van der Waals surface area (Å²) in [5.74, 6) is 0.0182. The third kappa shape index (κ3) is 3.20. The smallest absolute Gasteiger partial charge is 0.329 e. The second-order valence-electron chi connectivity index (χ2n) is 7.30. The molecule has 1 atom stereocenters. The Morgan fingerprint density at radius 3 is 2.47 bits per heavy atom. The van der Waals surface area contributed by atoms with E-state index >= 15 is 0 Å². The summed E-state index contributed by atoms with van der Waals surface area (Å²) >= 11 is 0. The average Bonchev–Trinajstić information content (AvgIpc) is 3.01. The molecule has 4 rings (SSSR count). The molecule has 0 radical (unpaired) electrons. The second-order valence-corrected chi connectivity index (χ2v) is 7.30. The quantitative estimate of drug-likeness (QED) is 0.477. The minimum Gasteiger partial charge on any atom is -0.497 e. The predicted molar refractivity (Wildman–Crippen MR) is 109 cm³/mol. The van der Waals surface area contributed by atoms with E-state index in [-0.39, 0.29) is 31.0 Å². The van der Waals surface area contributed by atoms with Gasteiger partial charge in [-0.1, -0.05) is 12.1 Å². The van der Waals surface area contributed by atoms with Crippen LogP contribution in [0.25, 0.3) is 11.0 Å². The number of aldehydes is 1. The van der Waals surface area contributed by atoms with Crippen molar-refractivity contribution in [1.82, 2.24) is 14.0 Å². The lowest BCUT2D eigenvalue weighted by atomic mass is 10.0. The fraction of sp³-hybridized carbons (Fsp3) is 0.273. The van der Waals surface area contributed by atoms with E-state index < -0.39 is 11.9 Å². The summed E-state index contributed by atoms with van der Waals surface area (Å²) in [7, 11) is 3.17. The van der Waals surface area contributed by atoms with Crippen LogP contribution in [0.15, 0.2) is 47.3 Å². The number of imide groups is 1. The normalized spacial score (nSPS) is 16.9. The maximum Gasteiger partial charge on any atom is 0.329 e. The van der Waals surface area contributed by atoms with Crippen LogP contribution >= 0.6 is 0 Å². The van der Waals surface area contributed by atoms with Crippen molar-refractivity contribution in [2.45, 2.75) is 25.4 Å². The number of aryl methyl sites for hydroxylation is 1. The summed E-state index contributed by atoms with van der Waals surface area (Å²) in [6.07, 6.45) is 1.13. The number of piperidine rings is 1. The standard InChI is InChI=1S/C22H21N3O5/c1-23-19-11-15(13-26)5-8-17(19)25(22(23)29)18-9-10-20(27)24(21(18)28)12-14-3-6-16(30-2)7-4-14/h3-8,11,13,18H,9-10,12H2,1-2H3. The fourth-order valence-electron chi connectivity index (χ4n) is 3.90. The molecule has 0 N–H and O–H groups in total. The maximum absolute atomic E-state index is 13.2. The molecule has 0 saturated carbocycles. The SMILES string of the molecule is COc1ccc(CN2C(=O)CCC(n3c(=O)n(C)c4cc(C=O)ccc43)C2=O)cc1. The van der Waals surface area contributed by atoms with E-state index in [0.717, 1.165) is 5.56 Å². The number of imidazole rings is 1. The molecule has 0 aliphatic carbocycles. The molecule has 2 amide bonds. The van der Waals surface area contributed by atoms with Crippen molar-refractivity contribution in [3.05, 3.63) is 64.1 Å². The molecule has 2 heterocycles. The Balaban J connectivity index is 1.71. The zero-order valence-electron chi connectivity index (χ0n) is 16.7. The molecule has 8 nitrogen and oxygen atoms in total. The Bertz CT molecular complexity index is 1210. The first kappa shape index (κ1) is 19.6. The van der Waals surface area contributed by atoms with Crippen molar-refractivity contribution in [2.24, 2.45) is 7.05 Å². The third-order valence-electron chi connectivity index (χ3n) is 5.54. The van der Waals surface area contributed by atoms with E-state index in [2.05, 4.69) is 0 Å². The molecular weight excluding hydrogens is 386 g/mol. The molecule has 1 aromatic heterocycles. The molecule has 1 aliphatic rings. The minimum absolute atomic E-state index is 0.132. The summed E-state index contributed by atoms with van der Waals surface area (Å²) in [4.78, 5) is 51.0. The number of hydrogen-bond donors (Lipinski definition) is 0. The average molecular weight is 407 g/mol. The molecule has 1 saturated heterocycles. The van der Waals surface area contributed by atoms with Gasteiger partial charge in [0.1, 0.15) is 18.1 Å². The number of methoxy groups -OCH3 is 1. The minimum atomic E-state index is -0.778. The Morgan fingerprint density at radius 1 is 1.07 bits per heavy atom. The van der Waals surface area contributed by atoms with Crippen LogP contribution < -0.4 is 10.4 Å². The maximum atomic E-state index is 13.2. The molecule has 2 aromatic carbocycles. The van der Waals surface area contributed by atoms with Gasteiger partial charge in [-0.3, -0.25) is 28.4 Å². The van der Waals surface area contributed by atoms with Crippen molar-refractivity contribution >= 4 is 29.1 Å². The van der Waals surface area contributed by atoms with Crippen molar-refractivity contribution in [2.75, 3.05) is 7.11 Å². The number of rotatable bonds is 5. The molecule has 8 heteroatoms. The highest BCUT2D eigenvalue weighted by Gasteiger charge is 2.37. The summed E-state index contributed by atoms with van der Waals surface area (Å²) in [6.45, 7) is 0.132. The van der Waals surface area contributed by atoms with Gasteiger partial charge < -0.3 is 4.74 Å². The number of amides is 2. The van der Waals surface area contributed by atoms with E-state index in [4.69, 9.17) is 4.74 Å². The molecule has 1 fully saturated rings. The number of aromatic nitrogens is 2. The van der Waals surface area contributed by atoms with Crippen LogP contribution in [0.5, 0.6) is 5.75 Å². The second kappa shape index (κ2) is 7.62. The van der Waals surface area contributed by atoms with Crippen LogP contribution in [0.3, 0.4) is 0 Å². The van der Waals surface area contributed by atoms with Gasteiger partial charge in [-0.05, 0) is 42.3 Å². The molecule has 1 aliphatic heterocycles. The topological polar surface area (TPSA) is 90.6 Å². The molecule has 154 valence electrons. The zero-order chi connectivity index (χ0) is 21.4. The van der Waals surface area contributed by atoms with E-state index in [1.165, 1.54) is 14.0 Å². The Hall–Kier alpha value is -3.68. The number of fused-ring (bicyclic) bond motifs is 1. The van der Waals surface area contributed by atoms with E-state index in [1.54, 1.807) is 56.6 Å². The van der Waals surface area contributed by atoms with E-state index in [0.29, 0.717) is 28.6 Å². The Morgan fingerprint density at radius 2 is 1.80 bits per heavy atom. The summed E-state index contributed by atoms with van der Waals surface area (Å²) in [5.41, 5.74) is 2.01. The number of benzene rings is 2. The molecule has 3 aromatic rings. The largest absolute Gasteiger partial charge is 0.497 e. The molecule has 1 unspecified atom stereocenters. The highest BCUT2D eigenvalue weighted by Crippen LogP contribution is 2.28. The lowest BCUT2D eigenvalue weighted by molar-refractivity contribution is -0.151. The van der Waals surface area contributed by atoms with Gasteiger partial charge in [0, 0.05) is 19.0 Å². The number of ether oxygens (including phenoxy) is 1. The first-order chi connectivity index (χ1) is 14.4. The van der Waals surface area contributed by atoms with Crippen LogP contribution in [0, 0.1) is 0 Å². The van der Waals surface area contributed by atoms with Gasteiger partial charge in [-0.2, -0.15) is 0 Å². The lowest BCUT2D eigenvalue weighted by Crippen LogP contribution is -2.47. The van der Waals surface area contributed by atoms with Gasteiger partial charge in [0.2, 0.25) is 5.91 Å². The van der Waals surface area contributed by atoms with Crippen molar-refractivity contribution < 1.29 is 19.1 Å². The summed E-state index contributed by atoms with van der Waals surface area (Å²) in [5, 5.41) is 0. The van der Waals surface area contributed by atoms with Gasteiger partial charge in [-0.25, -0.2) is 4.79 Å². The molecule has 0 bridgehead atoms. The van der Waals surface area contributed by atoms with Crippen molar-refractivity contribution in [1.29, 1.82) is 0 Å². The van der Waals surface area contributed by atoms with E-state index in [1.807, 2.05) is 0 Å². The summed E-state index contributed by atoms with van der Waals surface area (Å²) in [6, 6.07) is 11.3. The van der Waals surface area contributed by atoms with E-state index in [9.17, 15) is 19.2 Å². The number of carbonyl (C=O) groups is 3. The molecule has 0 spiro atoms. The zero-order valence-corrected chi connectivity index (χ0v) is 16.7. The fourth-order valence-corrected chi connectivity index (χ4v) is 3.90. The highest BCUT2D eigenvalue weighted by atomic mass is 16.5. The van der Waals surface area contributed by atoms with Crippen LogP contribution in [-0.4, -0.2) is 39.2 Å². The van der Waals surface area contributed by atoms with Crippen LogP contribution in [0.1, 0.15) is 34.8 Å². The summed E-state index contributed by atoms with van der Waals surface area (Å²) < 4.78 is 7.99.